The molecule has 3 heteroatoms. The Morgan fingerprint density at radius 1 is 0.833 bits per heavy atom. The zero-order valence-corrected chi connectivity index (χ0v) is 19.7. The molecule has 2 aromatic rings. The molecule has 2 aromatic carbocycles. The number of rotatable bonds is 2. The summed E-state index contributed by atoms with van der Waals surface area (Å²) in [5.41, 5.74) is 8.11. The molecule has 0 N–H and O–H groups in total. The maximum absolute atomic E-state index is 6.39. The zero-order chi connectivity index (χ0) is 21.5. The van der Waals surface area contributed by atoms with Crippen molar-refractivity contribution in [2.24, 2.45) is 0 Å². The van der Waals surface area contributed by atoms with Crippen molar-refractivity contribution in [1.29, 1.82) is 0 Å². The fourth-order valence-corrected chi connectivity index (χ4v) is 6.53. The van der Waals surface area contributed by atoms with Gasteiger partial charge in [-0.25, -0.2) is 0 Å². The lowest BCUT2D eigenvalue weighted by molar-refractivity contribution is 0.00578. The molecule has 2 fully saturated rings. The molecule has 0 unspecified atom stereocenters. The Hall–Kier alpha value is -1.58. The Morgan fingerprint density at radius 3 is 2.13 bits per heavy atom. The highest BCUT2D eigenvalue weighted by Gasteiger charge is 2.57. The summed E-state index contributed by atoms with van der Waals surface area (Å²) >= 11 is 0. The van der Waals surface area contributed by atoms with Gasteiger partial charge in [0.25, 0.3) is 0 Å². The molecule has 1 aliphatic heterocycles. The van der Waals surface area contributed by atoms with Gasteiger partial charge in [-0.3, -0.25) is 0 Å². The molecular weight excluding hydrogens is 367 g/mol. The Balaban J connectivity index is 1.71. The van der Waals surface area contributed by atoms with Crippen LogP contribution in [0.3, 0.4) is 0 Å². The lowest BCUT2D eigenvalue weighted by atomic mass is 9.53. The molecule has 0 radical (unpaired) electrons. The Morgan fingerprint density at radius 2 is 1.47 bits per heavy atom. The normalized spacial score (nSPS) is 30.7. The Labute approximate surface area is 182 Å². The number of aryl methyl sites for hydroxylation is 1. The predicted molar refractivity (Wildman–Crippen MR) is 126 cm³/mol. The topological polar surface area (TPSA) is 18.5 Å². The molecule has 2 atom stereocenters. The van der Waals surface area contributed by atoms with Crippen LogP contribution in [0.15, 0.2) is 36.4 Å². The van der Waals surface area contributed by atoms with E-state index in [1.54, 1.807) is 0 Å². The van der Waals surface area contributed by atoms with E-state index >= 15 is 0 Å². The van der Waals surface area contributed by atoms with Crippen molar-refractivity contribution in [3.8, 4) is 11.1 Å². The first-order valence-electron chi connectivity index (χ1n) is 11.7. The second-order valence-corrected chi connectivity index (χ2v) is 11.1. The molecule has 30 heavy (non-hydrogen) atoms. The van der Waals surface area contributed by atoms with E-state index in [1.165, 1.54) is 53.5 Å². The van der Waals surface area contributed by atoms with Crippen LogP contribution in [-0.4, -0.2) is 18.3 Å². The Bertz CT molecular complexity index is 1010. The second kappa shape index (κ2) is 6.23. The van der Waals surface area contributed by atoms with E-state index in [1.807, 2.05) is 0 Å². The van der Waals surface area contributed by atoms with Gasteiger partial charge in [-0.2, -0.15) is 0 Å². The second-order valence-electron chi connectivity index (χ2n) is 11.1. The predicted octanol–water partition coefficient (Wildman–Crippen LogP) is 6.06. The van der Waals surface area contributed by atoms with Gasteiger partial charge >= 0.3 is 7.12 Å². The van der Waals surface area contributed by atoms with Gasteiger partial charge in [-0.05, 0) is 81.6 Å². The fraction of sp³-hybridized carbons (Fsp3) is 0.556. The first kappa shape index (κ1) is 20.3. The first-order chi connectivity index (χ1) is 14.0. The largest absolute Gasteiger partial charge is 0.494 e. The average Bonchev–Trinajstić information content (AvgIpc) is 3.15. The molecule has 1 heterocycles. The van der Waals surface area contributed by atoms with Crippen molar-refractivity contribution in [1.82, 2.24) is 0 Å². The number of hydrogen-bond donors (Lipinski definition) is 0. The van der Waals surface area contributed by atoms with Gasteiger partial charge in [0.1, 0.15) is 0 Å². The van der Waals surface area contributed by atoms with Crippen molar-refractivity contribution in [2.45, 2.75) is 96.2 Å². The summed E-state index contributed by atoms with van der Waals surface area (Å²) in [7, 11) is -0.317. The van der Waals surface area contributed by atoms with Crippen molar-refractivity contribution >= 4 is 12.6 Å². The highest BCUT2D eigenvalue weighted by molar-refractivity contribution is 6.62. The fourth-order valence-electron chi connectivity index (χ4n) is 6.53. The summed E-state index contributed by atoms with van der Waals surface area (Å²) in [5, 5.41) is 0. The highest BCUT2D eigenvalue weighted by atomic mass is 16.7. The van der Waals surface area contributed by atoms with Crippen LogP contribution in [0.1, 0.15) is 83.9 Å². The van der Waals surface area contributed by atoms with Crippen LogP contribution >= 0.6 is 0 Å². The third kappa shape index (κ3) is 2.45. The maximum Gasteiger partial charge on any atom is 0.494 e. The molecule has 2 nitrogen and oxygen atoms in total. The average molecular weight is 402 g/mol. The van der Waals surface area contributed by atoms with Gasteiger partial charge in [0.05, 0.1) is 11.2 Å². The van der Waals surface area contributed by atoms with E-state index in [2.05, 4.69) is 84.9 Å². The quantitative estimate of drug-likeness (QED) is 0.568. The number of benzene rings is 2. The van der Waals surface area contributed by atoms with E-state index in [0.29, 0.717) is 0 Å². The smallest absolute Gasteiger partial charge is 0.399 e. The molecular formula is C27H35BO2. The summed E-state index contributed by atoms with van der Waals surface area (Å²) in [6.45, 7) is 15.6. The molecule has 1 saturated carbocycles. The van der Waals surface area contributed by atoms with Gasteiger partial charge in [0, 0.05) is 10.8 Å². The monoisotopic (exact) mass is 402 g/mol. The van der Waals surface area contributed by atoms with Crippen molar-refractivity contribution in [2.75, 3.05) is 0 Å². The molecule has 5 rings (SSSR count). The van der Waals surface area contributed by atoms with Crippen LogP contribution < -0.4 is 5.46 Å². The van der Waals surface area contributed by atoms with Crippen molar-refractivity contribution < 1.29 is 9.31 Å². The van der Waals surface area contributed by atoms with Crippen LogP contribution in [0.4, 0.5) is 0 Å². The summed E-state index contributed by atoms with van der Waals surface area (Å²) < 4.78 is 12.8. The standard InChI is InChI=1S/C27H35BO2/c1-8-27-15-9-14-26(27,7)22-12-10-18(2)16-20(22)21-17-19(11-13-23(21)27)28-29-24(3,4)25(5,6)30-28/h10-13,16-17H,8-9,14-15H2,1-7H3/t26-,27+/m0/s1. The summed E-state index contributed by atoms with van der Waals surface area (Å²) in [5.74, 6) is 0. The third-order valence-corrected chi connectivity index (χ3v) is 9.08. The molecule has 0 spiro atoms. The third-order valence-electron chi connectivity index (χ3n) is 9.08. The van der Waals surface area contributed by atoms with Gasteiger partial charge in [-0.15, -0.1) is 0 Å². The van der Waals surface area contributed by atoms with Crippen LogP contribution in [0.25, 0.3) is 11.1 Å². The zero-order valence-electron chi connectivity index (χ0n) is 19.7. The van der Waals surface area contributed by atoms with Gasteiger partial charge in [-0.1, -0.05) is 62.2 Å². The van der Waals surface area contributed by atoms with Gasteiger partial charge in [0.2, 0.25) is 0 Å². The minimum Gasteiger partial charge on any atom is -0.399 e. The molecule has 3 aliphatic rings. The lowest BCUT2D eigenvalue weighted by Crippen LogP contribution is -2.46. The van der Waals surface area contributed by atoms with Crippen molar-refractivity contribution in [3.63, 3.8) is 0 Å². The maximum atomic E-state index is 6.39. The molecule has 0 bridgehead atoms. The van der Waals surface area contributed by atoms with Crippen LogP contribution in [-0.2, 0) is 20.1 Å². The Kier molecular flexibility index (Phi) is 4.23. The minimum atomic E-state index is -0.323. The van der Waals surface area contributed by atoms with Gasteiger partial charge < -0.3 is 9.31 Å². The molecule has 1 saturated heterocycles. The van der Waals surface area contributed by atoms with Crippen molar-refractivity contribution in [3.05, 3.63) is 53.1 Å². The molecule has 0 aromatic heterocycles. The molecule has 2 aliphatic carbocycles. The van der Waals surface area contributed by atoms with E-state index < -0.39 is 0 Å². The van der Waals surface area contributed by atoms with Crippen LogP contribution in [0.2, 0.25) is 0 Å². The number of hydrogen-bond acceptors (Lipinski definition) is 2. The molecule has 0 amide bonds. The summed E-state index contributed by atoms with van der Waals surface area (Å²) in [4.78, 5) is 0. The first-order valence-corrected chi connectivity index (χ1v) is 11.7. The summed E-state index contributed by atoms with van der Waals surface area (Å²) in [6, 6.07) is 14.1. The van der Waals surface area contributed by atoms with E-state index in [9.17, 15) is 0 Å². The lowest BCUT2D eigenvalue weighted by Gasteiger charge is -2.50. The number of fused-ring (bicyclic) bond motifs is 6. The van der Waals surface area contributed by atoms with E-state index in [0.717, 1.165) is 5.46 Å². The molecule has 158 valence electrons. The van der Waals surface area contributed by atoms with E-state index in [4.69, 9.17) is 9.31 Å². The minimum absolute atomic E-state index is 0.212. The SMILES string of the molecule is CC[C@]12CCC[C@@]1(C)c1ccc(C)cc1-c1cc(B3OC(C)(C)C(C)(C)O3)ccc12. The van der Waals surface area contributed by atoms with Crippen LogP contribution in [0.5, 0.6) is 0 Å². The van der Waals surface area contributed by atoms with Gasteiger partial charge in [0.15, 0.2) is 0 Å². The van der Waals surface area contributed by atoms with E-state index in [-0.39, 0.29) is 29.2 Å². The highest BCUT2D eigenvalue weighted by Crippen LogP contribution is 2.63. The van der Waals surface area contributed by atoms with Crippen LogP contribution in [0, 0.1) is 6.92 Å². The summed E-state index contributed by atoms with van der Waals surface area (Å²) in [6.07, 6.45) is 5.03.